The van der Waals surface area contributed by atoms with Gasteiger partial charge in [-0.2, -0.15) is 0 Å². The highest BCUT2D eigenvalue weighted by atomic mass is 35.5. The van der Waals surface area contributed by atoms with Gasteiger partial charge in [0, 0.05) is 17.6 Å². The number of ether oxygens (including phenoxy) is 1. The van der Waals surface area contributed by atoms with Crippen molar-refractivity contribution in [2.45, 2.75) is 69.5 Å². The van der Waals surface area contributed by atoms with Crippen molar-refractivity contribution in [2.24, 2.45) is 0 Å². The van der Waals surface area contributed by atoms with Crippen LogP contribution in [0.2, 0.25) is 5.02 Å². The fourth-order valence-electron chi connectivity index (χ4n) is 5.21. The molecule has 224 valence electrons. The van der Waals surface area contributed by atoms with Crippen LogP contribution >= 0.6 is 11.6 Å². The molecule has 3 aromatic carbocycles. The Hall–Kier alpha value is -3.56. The van der Waals surface area contributed by atoms with Gasteiger partial charge in [0.15, 0.2) is 0 Å². The number of nitrogens with zero attached hydrogens (tertiary/aromatic N) is 2. The maximum atomic E-state index is 14.2. The summed E-state index contributed by atoms with van der Waals surface area (Å²) in [4.78, 5) is 29.2. The number of amides is 2. The molecule has 0 aliphatic heterocycles. The van der Waals surface area contributed by atoms with Crippen LogP contribution in [0.15, 0.2) is 77.7 Å². The van der Waals surface area contributed by atoms with E-state index in [0.717, 1.165) is 41.1 Å². The molecular weight excluding hydrogens is 574 g/mol. The van der Waals surface area contributed by atoms with Crippen LogP contribution in [0.4, 0.5) is 5.69 Å². The van der Waals surface area contributed by atoms with Crippen molar-refractivity contribution in [3.63, 3.8) is 0 Å². The van der Waals surface area contributed by atoms with Crippen molar-refractivity contribution in [1.82, 2.24) is 10.2 Å². The topological polar surface area (TPSA) is 96.0 Å². The van der Waals surface area contributed by atoms with E-state index in [1.165, 1.54) is 30.2 Å². The molecule has 42 heavy (non-hydrogen) atoms. The molecule has 0 bridgehead atoms. The summed E-state index contributed by atoms with van der Waals surface area (Å²) in [5.74, 6) is -0.221. The van der Waals surface area contributed by atoms with Gasteiger partial charge in [0.25, 0.3) is 10.0 Å². The lowest BCUT2D eigenvalue weighted by Crippen LogP contribution is -2.53. The smallest absolute Gasteiger partial charge is 0.264 e. The molecule has 1 N–H and O–H groups in total. The monoisotopic (exact) mass is 611 g/mol. The molecule has 0 saturated heterocycles. The molecule has 10 heteroatoms. The van der Waals surface area contributed by atoms with E-state index in [4.69, 9.17) is 16.3 Å². The van der Waals surface area contributed by atoms with Crippen molar-refractivity contribution >= 4 is 39.1 Å². The van der Waals surface area contributed by atoms with Crippen molar-refractivity contribution < 1.29 is 22.7 Å². The van der Waals surface area contributed by atoms with Gasteiger partial charge in [-0.05, 0) is 74.2 Å². The minimum atomic E-state index is -4.20. The fourth-order valence-corrected chi connectivity index (χ4v) is 6.80. The highest BCUT2D eigenvalue weighted by Gasteiger charge is 2.34. The number of nitrogens with one attached hydrogen (secondary N) is 1. The maximum absolute atomic E-state index is 14.2. The SMILES string of the molecule is CC[C@@H](C(=O)NC1CCCC1)N(Cc1ccc(C)cc1)C(=O)CN(c1cccc(Cl)c1)S(=O)(=O)c1ccc(OC)cc1. The maximum Gasteiger partial charge on any atom is 0.264 e. The first-order chi connectivity index (χ1) is 20.1. The molecular formula is C32H38ClN3O5S. The van der Waals surface area contributed by atoms with Crippen LogP contribution in [0.3, 0.4) is 0 Å². The first-order valence-corrected chi connectivity index (χ1v) is 16.0. The summed E-state index contributed by atoms with van der Waals surface area (Å²) >= 11 is 6.25. The van der Waals surface area contributed by atoms with Gasteiger partial charge >= 0.3 is 0 Å². The van der Waals surface area contributed by atoms with E-state index in [2.05, 4.69) is 5.32 Å². The number of sulfonamides is 1. The third-order valence-corrected chi connectivity index (χ3v) is 9.61. The van der Waals surface area contributed by atoms with E-state index in [1.807, 2.05) is 38.1 Å². The Morgan fingerprint density at radius 2 is 1.69 bits per heavy atom. The average molecular weight is 612 g/mol. The van der Waals surface area contributed by atoms with Crippen LogP contribution < -0.4 is 14.4 Å². The van der Waals surface area contributed by atoms with Gasteiger partial charge in [0.1, 0.15) is 18.3 Å². The Morgan fingerprint density at radius 1 is 1.02 bits per heavy atom. The zero-order valence-corrected chi connectivity index (χ0v) is 25.8. The highest BCUT2D eigenvalue weighted by molar-refractivity contribution is 7.92. The number of benzene rings is 3. The third-order valence-electron chi connectivity index (χ3n) is 7.58. The molecule has 0 heterocycles. The summed E-state index contributed by atoms with van der Waals surface area (Å²) < 4.78 is 34.2. The molecule has 1 aliphatic carbocycles. The number of methoxy groups -OCH3 is 1. The second-order valence-corrected chi connectivity index (χ2v) is 12.9. The molecule has 0 aromatic heterocycles. The Balaban J connectivity index is 1.71. The highest BCUT2D eigenvalue weighted by Crippen LogP contribution is 2.28. The van der Waals surface area contributed by atoms with Crippen LogP contribution in [0.5, 0.6) is 5.75 Å². The van der Waals surface area contributed by atoms with E-state index in [0.29, 0.717) is 17.2 Å². The Kier molecular flexibility index (Phi) is 10.5. The van der Waals surface area contributed by atoms with Gasteiger partial charge in [0.2, 0.25) is 11.8 Å². The summed E-state index contributed by atoms with van der Waals surface area (Å²) in [6.07, 6.45) is 4.32. The quantitative estimate of drug-likeness (QED) is 0.283. The fraction of sp³-hybridized carbons (Fsp3) is 0.375. The molecule has 8 nitrogen and oxygen atoms in total. The third kappa shape index (κ3) is 7.63. The predicted molar refractivity (Wildman–Crippen MR) is 165 cm³/mol. The zero-order chi connectivity index (χ0) is 30.3. The molecule has 0 spiro atoms. The molecule has 1 saturated carbocycles. The summed E-state index contributed by atoms with van der Waals surface area (Å²) in [6.45, 7) is 3.47. The second-order valence-electron chi connectivity index (χ2n) is 10.6. The average Bonchev–Trinajstić information content (AvgIpc) is 3.49. The normalized spacial score (nSPS) is 14.3. The molecule has 1 atom stereocenters. The Bertz CT molecular complexity index is 1470. The summed E-state index contributed by atoms with van der Waals surface area (Å²) in [5.41, 5.74) is 2.15. The van der Waals surface area contributed by atoms with Crippen LogP contribution in [0.25, 0.3) is 0 Å². The number of rotatable bonds is 12. The van der Waals surface area contributed by atoms with E-state index in [9.17, 15) is 18.0 Å². The van der Waals surface area contributed by atoms with Crippen LogP contribution in [0, 0.1) is 6.92 Å². The van der Waals surface area contributed by atoms with Crippen molar-refractivity contribution in [3.05, 3.63) is 88.9 Å². The van der Waals surface area contributed by atoms with Crippen molar-refractivity contribution in [1.29, 1.82) is 0 Å². The van der Waals surface area contributed by atoms with E-state index >= 15 is 0 Å². The number of anilines is 1. The lowest BCUT2D eigenvalue weighted by Gasteiger charge is -2.34. The van der Waals surface area contributed by atoms with E-state index in [1.54, 1.807) is 30.3 Å². The van der Waals surface area contributed by atoms with Gasteiger partial charge in [-0.3, -0.25) is 13.9 Å². The number of hydrogen-bond acceptors (Lipinski definition) is 5. The Labute approximate surface area is 253 Å². The van der Waals surface area contributed by atoms with Crippen LogP contribution in [0.1, 0.15) is 50.2 Å². The number of hydrogen-bond donors (Lipinski definition) is 1. The minimum Gasteiger partial charge on any atom is -0.497 e. The molecule has 4 rings (SSSR count). The first kappa shape index (κ1) is 31.4. The van der Waals surface area contributed by atoms with Gasteiger partial charge in [-0.15, -0.1) is 0 Å². The lowest BCUT2D eigenvalue weighted by molar-refractivity contribution is -0.140. The zero-order valence-electron chi connectivity index (χ0n) is 24.3. The van der Waals surface area contributed by atoms with Crippen LogP contribution in [-0.4, -0.2) is 50.9 Å². The number of carbonyl (C=O) groups is 2. The molecule has 1 fully saturated rings. The van der Waals surface area contributed by atoms with Crippen LogP contribution in [-0.2, 0) is 26.2 Å². The van der Waals surface area contributed by atoms with E-state index in [-0.39, 0.29) is 29.1 Å². The minimum absolute atomic E-state index is 0.00724. The summed E-state index contributed by atoms with van der Waals surface area (Å²) in [6, 6.07) is 19.4. The van der Waals surface area contributed by atoms with Crippen molar-refractivity contribution in [3.8, 4) is 5.75 Å². The largest absolute Gasteiger partial charge is 0.497 e. The van der Waals surface area contributed by atoms with Gasteiger partial charge < -0.3 is 15.0 Å². The predicted octanol–water partition coefficient (Wildman–Crippen LogP) is 5.72. The summed E-state index contributed by atoms with van der Waals surface area (Å²) in [5, 5.41) is 3.45. The summed E-state index contributed by atoms with van der Waals surface area (Å²) in [7, 11) is -2.71. The standard InChI is InChI=1S/C32H38ClN3O5S/c1-4-30(32(38)34-26-9-5-6-10-26)35(21-24-14-12-23(2)13-15-24)31(37)22-36(27-11-7-8-25(33)20-27)42(39,40)29-18-16-28(41-3)17-19-29/h7-8,11-20,26,30H,4-6,9-10,21-22H2,1-3H3,(H,34,38)/t30-/m0/s1. The van der Waals surface area contributed by atoms with E-state index < -0.39 is 28.5 Å². The van der Waals surface area contributed by atoms with Crippen molar-refractivity contribution in [2.75, 3.05) is 18.0 Å². The molecule has 0 radical (unpaired) electrons. The van der Waals surface area contributed by atoms with Gasteiger partial charge in [-0.25, -0.2) is 8.42 Å². The molecule has 3 aromatic rings. The molecule has 1 aliphatic rings. The Morgan fingerprint density at radius 3 is 2.29 bits per heavy atom. The van der Waals surface area contributed by atoms with Gasteiger partial charge in [-0.1, -0.05) is 67.3 Å². The molecule has 0 unspecified atom stereocenters. The number of aryl methyl sites for hydroxylation is 1. The van der Waals surface area contributed by atoms with Gasteiger partial charge in [0.05, 0.1) is 17.7 Å². The number of carbonyl (C=O) groups excluding carboxylic acids is 2. The second kappa shape index (κ2) is 14.1. The number of halogens is 1. The first-order valence-electron chi connectivity index (χ1n) is 14.2. The lowest BCUT2D eigenvalue weighted by atomic mass is 10.1. The molecule has 2 amide bonds.